The van der Waals surface area contributed by atoms with Crippen LogP contribution in [0.25, 0.3) is 0 Å². The Balaban J connectivity index is 1.82. The average molecular weight is 309 g/mol. The van der Waals surface area contributed by atoms with Gasteiger partial charge in [0, 0.05) is 25.1 Å². The Hall–Kier alpha value is -1.15. The van der Waals surface area contributed by atoms with E-state index in [2.05, 4.69) is 11.4 Å². The maximum absolute atomic E-state index is 14.2. The standard InChI is InChI=1S/C16H18ClFN2O/c17-13-3-1-2-10(15(13)18)12-8-20-14(11(12)7-19)6-16(9-21)4-5-16/h1-3,11-12,14,20-21H,4-6,8-9H2. The fourth-order valence-electron chi connectivity index (χ4n) is 3.37. The monoisotopic (exact) mass is 308 g/mol. The number of nitriles is 1. The van der Waals surface area contributed by atoms with Crippen LogP contribution in [0, 0.1) is 28.5 Å². The molecule has 1 saturated heterocycles. The number of nitrogens with zero attached hydrogens (tertiary/aromatic N) is 1. The second-order valence-electron chi connectivity index (χ2n) is 6.28. The molecule has 0 bridgehead atoms. The second-order valence-corrected chi connectivity index (χ2v) is 6.69. The lowest BCUT2D eigenvalue weighted by Crippen LogP contribution is -2.31. The van der Waals surface area contributed by atoms with Crippen LogP contribution in [-0.2, 0) is 0 Å². The molecular formula is C16H18ClFN2O. The quantitative estimate of drug-likeness (QED) is 0.899. The number of hydrogen-bond donors (Lipinski definition) is 2. The lowest BCUT2D eigenvalue weighted by atomic mass is 9.82. The molecular weight excluding hydrogens is 291 g/mol. The lowest BCUT2D eigenvalue weighted by molar-refractivity contribution is 0.188. The fraction of sp³-hybridized carbons (Fsp3) is 0.562. The number of benzene rings is 1. The number of halogens is 2. The molecule has 1 aromatic carbocycles. The molecule has 1 aliphatic carbocycles. The Morgan fingerprint density at radius 3 is 2.86 bits per heavy atom. The van der Waals surface area contributed by atoms with Crippen molar-refractivity contribution in [2.75, 3.05) is 13.2 Å². The highest BCUT2D eigenvalue weighted by molar-refractivity contribution is 6.30. The Bertz CT molecular complexity index is 582. The molecule has 1 heterocycles. The van der Waals surface area contributed by atoms with Crippen LogP contribution in [0.2, 0.25) is 5.02 Å². The van der Waals surface area contributed by atoms with Crippen LogP contribution in [0.4, 0.5) is 4.39 Å². The fourth-order valence-corrected chi connectivity index (χ4v) is 3.55. The van der Waals surface area contributed by atoms with E-state index in [1.165, 1.54) is 6.07 Å². The van der Waals surface area contributed by atoms with Crippen molar-refractivity contribution in [2.45, 2.75) is 31.2 Å². The molecule has 5 heteroatoms. The highest BCUT2D eigenvalue weighted by Gasteiger charge is 2.48. The van der Waals surface area contributed by atoms with Gasteiger partial charge in [-0.3, -0.25) is 0 Å². The molecule has 1 aromatic rings. The van der Waals surface area contributed by atoms with Gasteiger partial charge < -0.3 is 10.4 Å². The van der Waals surface area contributed by atoms with E-state index in [9.17, 15) is 14.8 Å². The molecule has 3 nitrogen and oxygen atoms in total. The third-order valence-electron chi connectivity index (χ3n) is 4.94. The summed E-state index contributed by atoms with van der Waals surface area (Å²) >= 11 is 5.85. The summed E-state index contributed by atoms with van der Waals surface area (Å²) in [6.07, 6.45) is 2.80. The average Bonchev–Trinajstić information content (AvgIpc) is 3.15. The van der Waals surface area contributed by atoms with Crippen molar-refractivity contribution in [2.24, 2.45) is 11.3 Å². The Labute approximate surface area is 128 Å². The van der Waals surface area contributed by atoms with Crippen LogP contribution in [-0.4, -0.2) is 24.3 Å². The summed E-state index contributed by atoms with van der Waals surface area (Å²) in [6.45, 7) is 0.737. The summed E-state index contributed by atoms with van der Waals surface area (Å²) in [5, 5.41) is 22.4. The summed E-state index contributed by atoms with van der Waals surface area (Å²) in [6, 6.07) is 7.29. The van der Waals surface area contributed by atoms with Gasteiger partial charge >= 0.3 is 0 Å². The Morgan fingerprint density at radius 2 is 2.24 bits per heavy atom. The highest BCUT2D eigenvalue weighted by Crippen LogP contribution is 2.51. The van der Waals surface area contributed by atoms with Gasteiger partial charge in [-0.25, -0.2) is 4.39 Å². The first-order chi connectivity index (χ1) is 10.1. The molecule has 112 valence electrons. The minimum atomic E-state index is -0.421. The van der Waals surface area contributed by atoms with Crippen LogP contribution >= 0.6 is 11.6 Å². The second kappa shape index (κ2) is 5.57. The molecule has 3 atom stereocenters. The first-order valence-corrected chi connectivity index (χ1v) is 7.66. The molecule has 2 fully saturated rings. The van der Waals surface area contributed by atoms with Gasteiger partial charge in [-0.2, -0.15) is 5.26 Å². The number of nitrogens with one attached hydrogen (secondary N) is 1. The molecule has 2 aliphatic rings. The van der Waals surface area contributed by atoms with Gasteiger partial charge in [0.1, 0.15) is 5.82 Å². The van der Waals surface area contributed by atoms with Crippen molar-refractivity contribution < 1.29 is 9.50 Å². The summed E-state index contributed by atoms with van der Waals surface area (Å²) in [7, 11) is 0. The van der Waals surface area contributed by atoms with Gasteiger partial charge in [-0.05, 0) is 36.3 Å². The summed E-state index contributed by atoms with van der Waals surface area (Å²) in [5.41, 5.74) is 0.493. The summed E-state index contributed by atoms with van der Waals surface area (Å²) < 4.78 is 14.2. The Morgan fingerprint density at radius 1 is 1.48 bits per heavy atom. The van der Waals surface area contributed by atoms with Crippen LogP contribution in [0.15, 0.2) is 18.2 Å². The predicted molar refractivity (Wildman–Crippen MR) is 78.4 cm³/mol. The van der Waals surface area contributed by atoms with E-state index in [-0.39, 0.29) is 34.9 Å². The van der Waals surface area contributed by atoms with Crippen LogP contribution in [0.3, 0.4) is 0 Å². The molecule has 3 unspecified atom stereocenters. The molecule has 3 rings (SSSR count). The van der Waals surface area contributed by atoms with E-state index in [0.29, 0.717) is 12.1 Å². The van der Waals surface area contributed by atoms with Gasteiger partial charge in [0.2, 0.25) is 0 Å². The predicted octanol–water partition coefficient (Wildman–Crippen LogP) is 2.84. The normalized spacial score (nSPS) is 30.1. The first-order valence-electron chi connectivity index (χ1n) is 7.28. The molecule has 0 spiro atoms. The van der Waals surface area contributed by atoms with E-state index in [4.69, 9.17) is 11.6 Å². The van der Waals surface area contributed by atoms with Gasteiger partial charge in [0.15, 0.2) is 0 Å². The van der Waals surface area contributed by atoms with Crippen molar-refractivity contribution in [3.05, 3.63) is 34.6 Å². The molecule has 1 saturated carbocycles. The van der Waals surface area contributed by atoms with Crippen LogP contribution in [0.5, 0.6) is 0 Å². The maximum Gasteiger partial charge on any atom is 0.145 e. The molecule has 1 aliphatic heterocycles. The van der Waals surface area contributed by atoms with E-state index >= 15 is 0 Å². The van der Waals surface area contributed by atoms with Gasteiger partial charge in [0.25, 0.3) is 0 Å². The smallest absolute Gasteiger partial charge is 0.145 e. The third-order valence-corrected chi connectivity index (χ3v) is 5.23. The number of hydrogen-bond acceptors (Lipinski definition) is 3. The topological polar surface area (TPSA) is 56.0 Å². The minimum Gasteiger partial charge on any atom is -0.396 e. The molecule has 0 amide bonds. The van der Waals surface area contributed by atoms with Crippen LogP contribution < -0.4 is 5.32 Å². The first kappa shape index (κ1) is 14.8. The molecule has 0 radical (unpaired) electrons. The largest absolute Gasteiger partial charge is 0.396 e. The zero-order chi connectivity index (χ0) is 15.0. The van der Waals surface area contributed by atoms with E-state index in [1.807, 2.05) is 0 Å². The zero-order valence-corrected chi connectivity index (χ0v) is 12.4. The SMILES string of the molecule is N#CC1C(CC2(CO)CC2)NCC1c1cccc(Cl)c1F. The van der Waals surface area contributed by atoms with E-state index in [1.54, 1.807) is 12.1 Å². The molecule has 0 aromatic heterocycles. The number of rotatable bonds is 4. The summed E-state index contributed by atoms with van der Waals surface area (Å²) in [5.74, 6) is -0.898. The van der Waals surface area contributed by atoms with E-state index in [0.717, 1.165) is 19.3 Å². The Kier molecular flexibility index (Phi) is 3.92. The summed E-state index contributed by atoms with van der Waals surface area (Å²) in [4.78, 5) is 0. The zero-order valence-electron chi connectivity index (χ0n) is 11.6. The number of aliphatic hydroxyl groups excluding tert-OH is 1. The van der Waals surface area contributed by atoms with Crippen LogP contribution in [0.1, 0.15) is 30.7 Å². The minimum absolute atomic E-state index is 0.00744. The van der Waals surface area contributed by atoms with Gasteiger partial charge in [0.05, 0.1) is 17.0 Å². The van der Waals surface area contributed by atoms with E-state index < -0.39 is 5.82 Å². The lowest BCUT2D eigenvalue weighted by Gasteiger charge is -2.22. The highest BCUT2D eigenvalue weighted by atomic mass is 35.5. The van der Waals surface area contributed by atoms with Crippen molar-refractivity contribution >= 4 is 11.6 Å². The van der Waals surface area contributed by atoms with Crippen molar-refractivity contribution in [3.63, 3.8) is 0 Å². The van der Waals surface area contributed by atoms with Gasteiger partial charge in [-0.1, -0.05) is 23.7 Å². The number of aliphatic hydroxyl groups is 1. The molecule has 21 heavy (non-hydrogen) atoms. The maximum atomic E-state index is 14.2. The van der Waals surface area contributed by atoms with Crippen molar-refractivity contribution in [1.82, 2.24) is 5.32 Å². The van der Waals surface area contributed by atoms with Crippen molar-refractivity contribution in [1.29, 1.82) is 5.26 Å². The third kappa shape index (κ3) is 2.66. The van der Waals surface area contributed by atoms with Crippen molar-refractivity contribution in [3.8, 4) is 6.07 Å². The molecule has 2 N–H and O–H groups in total. The van der Waals surface area contributed by atoms with Gasteiger partial charge in [-0.15, -0.1) is 0 Å².